The van der Waals surface area contributed by atoms with Gasteiger partial charge in [0.15, 0.2) is 11.5 Å². The SMILES string of the molecule is C=CCc1cc(/C=C2/SC(=O)N([C@H](C)C(=O)OC)C2=O)cc(OCC)c1OCc1ccccc1. The van der Waals surface area contributed by atoms with Crippen molar-refractivity contribution in [2.45, 2.75) is 32.9 Å². The third-order valence-corrected chi connectivity index (χ3v) is 5.98. The molecule has 1 fully saturated rings. The summed E-state index contributed by atoms with van der Waals surface area (Å²) in [7, 11) is 1.21. The van der Waals surface area contributed by atoms with Gasteiger partial charge in [-0.05, 0) is 61.4 Å². The lowest BCUT2D eigenvalue weighted by atomic mass is 10.0. The van der Waals surface area contributed by atoms with Crippen molar-refractivity contribution in [3.05, 3.63) is 76.7 Å². The molecule has 1 saturated heterocycles. The molecule has 0 bridgehead atoms. The zero-order valence-corrected chi connectivity index (χ0v) is 20.2. The Morgan fingerprint density at radius 3 is 2.56 bits per heavy atom. The van der Waals surface area contributed by atoms with E-state index in [4.69, 9.17) is 9.47 Å². The minimum absolute atomic E-state index is 0.214. The molecular weight excluding hydrogens is 454 g/mol. The first kappa shape index (κ1) is 25.1. The molecule has 1 aliphatic rings. The molecule has 0 saturated carbocycles. The van der Waals surface area contributed by atoms with Gasteiger partial charge in [0.05, 0.1) is 18.6 Å². The summed E-state index contributed by atoms with van der Waals surface area (Å²) in [5, 5.41) is -0.520. The summed E-state index contributed by atoms with van der Waals surface area (Å²) in [6.45, 7) is 7.96. The summed E-state index contributed by atoms with van der Waals surface area (Å²) in [5.41, 5.74) is 2.53. The summed E-state index contributed by atoms with van der Waals surface area (Å²) in [6, 6.07) is 12.4. The molecule has 0 aromatic heterocycles. The molecule has 8 heteroatoms. The summed E-state index contributed by atoms with van der Waals surface area (Å²) in [4.78, 5) is 38.3. The third-order valence-electron chi connectivity index (χ3n) is 5.10. The maximum atomic E-state index is 12.9. The minimum atomic E-state index is -1.01. The van der Waals surface area contributed by atoms with Gasteiger partial charge in [-0.3, -0.25) is 14.5 Å². The molecule has 34 heavy (non-hydrogen) atoms. The molecule has 0 radical (unpaired) electrons. The number of amides is 2. The molecule has 2 amide bonds. The maximum absolute atomic E-state index is 12.9. The standard InChI is InChI=1S/C26H27NO6S/c1-5-10-20-13-19(15-22-24(28)27(26(30)34-22)17(3)25(29)31-4)14-21(32-6-2)23(20)33-16-18-11-8-7-9-12-18/h5,7-9,11-15,17H,1,6,10,16H2,2-4H3/b22-15+/t17-/m1/s1. The second-order valence-electron chi connectivity index (χ2n) is 7.46. The normalized spacial score (nSPS) is 15.4. The van der Waals surface area contributed by atoms with Gasteiger partial charge in [0.1, 0.15) is 12.6 Å². The van der Waals surface area contributed by atoms with Gasteiger partial charge in [0.2, 0.25) is 0 Å². The number of ether oxygens (including phenoxy) is 3. The molecule has 1 heterocycles. The molecule has 0 aliphatic carbocycles. The fourth-order valence-electron chi connectivity index (χ4n) is 3.47. The van der Waals surface area contributed by atoms with Crippen molar-refractivity contribution in [1.82, 2.24) is 4.90 Å². The number of methoxy groups -OCH3 is 1. The Labute approximate surface area is 203 Å². The van der Waals surface area contributed by atoms with E-state index in [-0.39, 0.29) is 4.91 Å². The van der Waals surface area contributed by atoms with Crippen molar-refractivity contribution in [3.8, 4) is 11.5 Å². The molecule has 0 unspecified atom stereocenters. The van der Waals surface area contributed by atoms with Crippen molar-refractivity contribution < 1.29 is 28.6 Å². The summed E-state index contributed by atoms with van der Waals surface area (Å²) >= 11 is 0.782. The third kappa shape index (κ3) is 5.69. The Bertz CT molecular complexity index is 1110. The molecule has 0 N–H and O–H groups in total. The van der Waals surface area contributed by atoms with Crippen LogP contribution in [0.3, 0.4) is 0 Å². The molecule has 1 aliphatic heterocycles. The van der Waals surface area contributed by atoms with Crippen LogP contribution in [0.2, 0.25) is 0 Å². The molecule has 0 spiro atoms. The predicted molar refractivity (Wildman–Crippen MR) is 132 cm³/mol. The van der Waals surface area contributed by atoms with E-state index in [1.54, 1.807) is 18.2 Å². The Morgan fingerprint density at radius 1 is 1.18 bits per heavy atom. The molecule has 1 atom stereocenters. The molecule has 178 valence electrons. The number of thioether (sulfide) groups is 1. The smallest absolute Gasteiger partial charge is 0.328 e. The van der Waals surface area contributed by atoms with E-state index < -0.39 is 23.2 Å². The van der Waals surface area contributed by atoms with Crippen LogP contribution in [0, 0.1) is 0 Å². The Kier molecular flexibility index (Phi) is 8.54. The van der Waals surface area contributed by atoms with E-state index in [0.29, 0.717) is 36.7 Å². The van der Waals surface area contributed by atoms with E-state index >= 15 is 0 Å². The maximum Gasteiger partial charge on any atom is 0.328 e. The van der Waals surface area contributed by atoms with Gasteiger partial charge in [0, 0.05) is 5.56 Å². The van der Waals surface area contributed by atoms with E-state index in [0.717, 1.165) is 27.8 Å². The van der Waals surface area contributed by atoms with Crippen molar-refractivity contribution in [3.63, 3.8) is 0 Å². The second-order valence-corrected chi connectivity index (χ2v) is 8.45. The van der Waals surface area contributed by atoms with Gasteiger partial charge in [-0.25, -0.2) is 4.79 Å². The Hall–Kier alpha value is -3.52. The van der Waals surface area contributed by atoms with Crippen LogP contribution in [-0.4, -0.2) is 41.8 Å². The average Bonchev–Trinajstić information content (AvgIpc) is 3.11. The van der Waals surface area contributed by atoms with Crippen LogP contribution in [0.1, 0.15) is 30.5 Å². The number of esters is 1. The van der Waals surface area contributed by atoms with Crippen LogP contribution in [0.25, 0.3) is 6.08 Å². The van der Waals surface area contributed by atoms with Crippen molar-refractivity contribution >= 4 is 35.0 Å². The van der Waals surface area contributed by atoms with E-state index in [2.05, 4.69) is 11.3 Å². The van der Waals surface area contributed by atoms with Crippen molar-refractivity contribution in [2.75, 3.05) is 13.7 Å². The van der Waals surface area contributed by atoms with Gasteiger partial charge < -0.3 is 14.2 Å². The molecule has 7 nitrogen and oxygen atoms in total. The topological polar surface area (TPSA) is 82.1 Å². The highest BCUT2D eigenvalue weighted by atomic mass is 32.2. The number of hydrogen-bond acceptors (Lipinski definition) is 7. The first-order valence-electron chi connectivity index (χ1n) is 10.8. The Balaban J connectivity index is 1.94. The van der Waals surface area contributed by atoms with Crippen LogP contribution in [-0.2, 0) is 27.4 Å². The van der Waals surface area contributed by atoms with Crippen LogP contribution >= 0.6 is 11.8 Å². The lowest BCUT2D eigenvalue weighted by Gasteiger charge is -2.18. The number of hydrogen-bond donors (Lipinski definition) is 0. The molecular formula is C26H27NO6S. The van der Waals surface area contributed by atoms with Crippen molar-refractivity contribution in [1.29, 1.82) is 0 Å². The van der Waals surface area contributed by atoms with Gasteiger partial charge in [-0.1, -0.05) is 36.4 Å². The predicted octanol–water partition coefficient (Wildman–Crippen LogP) is 4.99. The molecule has 2 aromatic rings. The second kappa shape index (κ2) is 11.6. The van der Waals surface area contributed by atoms with E-state index in [1.807, 2.05) is 43.3 Å². The fourth-order valence-corrected chi connectivity index (χ4v) is 4.38. The van der Waals surface area contributed by atoms with Crippen LogP contribution in [0.5, 0.6) is 11.5 Å². The van der Waals surface area contributed by atoms with Gasteiger partial charge in [-0.2, -0.15) is 0 Å². The number of benzene rings is 2. The number of carbonyl (C=O) groups is 3. The highest BCUT2D eigenvalue weighted by molar-refractivity contribution is 8.18. The van der Waals surface area contributed by atoms with Crippen LogP contribution in [0.15, 0.2) is 60.0 Å². The molecule has 3 rings (SSSR count). The zero-order valence-electron chi connectivity index (χ0n) is 19.4. The zero-order chi connectivity index (χ0) is 24.7. The first-order chi connectivity index (χ1) is 16.4. The highest BCUT2D eigenvalue weighted by Crippen LogP contribution is 2.38. The van der Waals surface area contributed by atoms with E-state index in [9.17, 15) is 14.4 Å². The lowest BCUT2D eigenvalue weighted by molar-refractivity contribution is -0.148. The lowest BCUT2D eigenvalue weighted by Crippen LogP contribution is -2.42. The summed E-state index contributed by atoms with van der Waals surface area (Å²) < 4.78 is 16.7. The van der Waals surface area contributed by atoms with Gasteiger partial charge in [-0.15, -0.1) is 6.58 Å². The van der Waals surface area contributed by atoms with Gasteiger partial charge in [0.25, 0.3) is 11.1 Å². The summed E-state index contributed by atoms with van der Waals surface area (Å²) in [6.07, 6.45) is 3.90. The monoisotopic (exact) mass is 481 g/mol. The number of nitrogens with zero attached hydrogens (tertiary/aromatic N) is 1. The largest absolute Gasteiger partial charge is 0.490 e. The average molecular weight is 482 g/mol. The van der Waals surface area contributed by atoms with Gasteiger partial charge >= 0.3 is 5.97 Å². The fraction of sp³-hybridized carbons (Fsp3) is 0.269. The van der Waals surface area contributed by atoms with Crippen LogP contribution < -0.4 is 9.47 Å². The molecule has 2 aromatic carbocycles. The van der Waals surface area contributed by atoms with Crippen molar-refractivity contribution in [2.24, 2.45) is 0 Å². The highest BCUT2D eigenvalue weighted by Gasteiger charge is 2.41. The number of carbonyl (C=O) groups excluding carboxylic acids is 3. The Morgan fingerprint density at radius 2 is 1.91 bits per heavy atom. The first-order valence-corrected chi connectivity index (χ1v) is 11.6. The van der Waals surface area contributed by atoms with Crippen LogP contribution in [0.4, 0.5) is 4.79 Å². The number of rotatable bonds is 10. The number of imide groups is 1. The van der Waals surface area contributed by atoms with E-state index in [1.165, 1.54) is 14.0 Å². The quantitative estimate of drug-likeness (QED) is 0.269. The minimum Gasteiger partial charge on any atom is -0.490 e. The summed E-state index contributed by atoms with van der Waals surface area (Å²) in [5.74, 6) is -0.0581. The number of allylic oxidation sites excluding steroid dienone is 1.